The van der Waals surface area contributed by atoms with Gasteiger partial charge in [0.1, 0.15) is 12.2 Å². The SMILES string of the molecule is CC1CNCC1C(=O)NCCc1nncn1C. The van der Waals surface area contributed by atoms with Crippen molar-refractivity contribution in [3.63, 3.8) is 0 Å². The summed E-state index contributed by atoms with van der Waals surface area (Å²) in [4.78, 5) is 11.9. The van der Waals surface area contributed by atoms with E-state index in [0.29, 0.717) is 12.5 Å². The number of aromatic nitrogens is 3. The summed E-state index contributed by atoms with van der Waals surface area (Å²) in [6.45, 7) is 4.44. The summed E-state index contributed by atoms with van der Waals surface area (Å²) in [6.07, 6.45) is 2.39. The molecule has 17 heavy (non-hydrogen) atoms. The summed E-state index contributed by atoms with van der Waals surface area (Å²) in [5.74, 6) is 1.56. The van der Waals surface area contributed by atoms with Crippen LogP contribution in [-0.2, 0) is 18.3 Å². The first-order chi connectivity index (χ1) is 8.18. The van der Waals surface area contributed by atoms with Crippen LogP contribution < -0.4 is 10.6 Å². The summed E-state index contributed by atoms with van der Waals surface area (Å²) >= 11 is 0. The highest BCUT2D eigenvalue weighted by atomic mass is 16.1. The Hall–Kier alpha value is -1.43. The smallest absolute Gasteiger partial charge is 0.224 e. The van der Waals surface area contributed by atoms with E-state index < -0.39 is 0 Å². The zero-order valence-electron chi connectivity index (χ0n) is 10.3. The van der Waals surface area contributed by atoms with Crippen LogP contribution in [0.3, 0.4) is 0 Å². The Morgan fingerprint density at radius 2 is 2.47 bits per heavy atom. The van der Waals surface area contributed by atoms with Gasteiger partial charge in [0.15, 0.2) is 0 Å². The molecule has 0 radical (unpaired) electrons. The normalized spacial score (nSPS) is 23.9. The minimum absolute atomic E-state index is 0.106. The fraction of sp³-hybridized carbons (Fsp3) is 0.727. The number of rotatable bonds is 4. The van der Waals surface area contributed by atoms with E-state index >= 15 is 0 Å². The van der Waals surface area contributed by atoms with Gasteiger partial charge in [0, 0.05) is 26.6 Å². The largest absolute Gasteiger partial charge is 0.355 e. The molecule has 0 saturated carbocycles. The fourth-order valence-electron chi connectivity index (χ4n) is 2.12. The maximum atomic E-state index is 11.9. The van der Waals surface area contributed by atoms with Crippen molar-refractivity contribution in [2.45, 2.75) is 13.3 Å². The summed E-state index contributed by atoms with van der Waals surface area (Å²) in [7, 11) is 1.90. The second kappa shape index (κ2) is 5.27. The molecule has 0 aliphatic carbocycles. The van der Waals surface area contributed by atoms with Gasteiger partial charge < -0.3 is 15.2 Å². The van der Waals surface area contributed by atoms with Crippen molar-refractivity contribution >= 4 is 5.91 Å². The van der Waals surface area contributed by atoms with Crippen molar-refractivity contribution < 1.29 is 4.79 Å². The lowest BCUT2D eigenvalue weighted by Gasteiger charge is -2.13. The molecule has 2 N–H and O–H groups in total. The van der Waals surface area contributed by atoms with E-state index in [0.717, 1.165) is 25.3 Å². The van der Waals surface area contributed by atoms with Crippen LogP contribution in [-0.4, -0.2) is 40.3 Å². The quantitative estimate of drug-likeness (QED) is 0.728. The Morgan fingerprint density at radius 3 is 3.06 bits per heavy atom. The Kier molecular flexibility index (Phi) is 3.73. The summed E-state index contributed by atoms with van der Waals surface area (Å²) < 4.78 is 1.87. The van der Waals surface area contributed by atoms with Crippen LogP contribution in [0.25, 0.3) is 0 Å². The molecule has 2 heterocycles. The topological polar surface area (TPSA) is 71.8 Å². The van der Waals surface area contributed by atoms with Gasteiger partial charge >= 0.3 is 0 Å². The highest BCUT2D eigenvalue weighted by molar-refractivity contribution is 5.79. The first-order valence-electron chi connectivity index (χ1n) is 6.00. The van der Waals surface area contributed by atoms with Gasteiger partial charge in [0.05, 0.1) is 5.92 Å². The molecule has 1 aromatic rings. The lowest BCUT2D eigenvalue weighted by Crippen LogP contribution is -2.35. The van der Waals surface area contributed by atoms with Crippen molar-refractivity contribution in [2.75, 3.05) is 19.6 Å². The van der Waals surface area contributed by atoms with Crippen molar-refractivity contribution in [3.05, 3.63) is 12.2 Å². The van der Waals surface area contributed by atoms with E-state index in [1.165, 1.54) is 0 Å². The second-order valence-electron chi connectivity index (χ2n) is 4.64. The van der Waals surface area contributed by atoms with Crippen LogP contribution in [0.4, 0.5) is 0 Å². The van der Waals surface area contributed by atoms with E-state index in [9.17, 15) is 4.79 Å². The van der Waals surface area contributed by atoms with E-state index in [1.54, 1.807) is 6.33 Å². The summed E-state index contributed by atoms with van der Waals surface area (Å²) in [5.41, 5.74) is 0. The molecule has 1 aromatic heterocycles. The van der Waals surface area contributed by atoms with Gasteiger partial charge in [-0.15, -0.1) is 10.2 Å². The van der Waals surface area contributed by atoms with Gasteiger partial charge in [-0.2, -0.15) is 0 Å². The first-order valence-corrected chi connectivity index (χ1v) is 6.00. The zero-order valence-corrected chi connectivity index (χ0v) is 10.3. The molecule has 0 aromatic carbocycles. The van der Waals surface area contributed by atoms with E-state index in [1.807, 2.05) is 11.6 Å². The first kappa shape index (κ1) is 12.0. The fourth-order valence-corrected chi connectivity index (χ4v) is 2.12. The van der Waals surface area contributed by atoms with Gasteiger partial charge in [-0.25, -0.2) is 0 Å². The highest BCUT2D eigenvalue weighted by Crippen LogP contribution is 2.15. The molecule has 1 aliphatic rings. The van der Waals surface area contributed by atoms with Crippen LogP contribution >= 0.6 is 0 Å². The van der Waals surface area contributed by atoms with Gasteiger partial charge in [0.25, 0.3) is 0 Å². The molecule has 2 unspecified atom stereocenters. The number of nitrogens with one attached hydrogen (secondary N) is 2. The highest BCUT2D eigenvalue weighted by Gasteiger charge is 2.29. The number of carbonyl (C=O) groups excluding carboxylic acids is 1. The van der Waals surface area contributed by atoms with Crippen molar-refractivity contribution in [1.29, 1.82) is 0 Å². The molecular formula is C11H19N5O. The molecule has 0 bridgehead atoms. The van der Waals surface area contributed by atoms with Gasteiger partial charge in [0.2, 0.25) is 5.91 Å². The van der Waals surface area contributed by atoms with Gasteiger partial charge in [-0.1, -0.05) is 6.92 Å². The third-order valence-corrected chi connectivity index (χ3v) is 3.31. The van der Waals surface area contributed by atoms with Gasteiger partial charge in [-0.3, -0.25) is 4.79 Å². The van der Waals surface area contributed by atoms with E-state index in [4.69, 9.17) is 0 Å². The minimum Gasteiger partial charge on any atom is -0.355 e. The maximum Gasteiger partial charge on any atom is 0.224 e. The van der Waals surface area contributed by atoms with Crippen LogP contribution in [0, 0.1) is 11.8 Å². The molecule has 6 heteroatoms. The standard InChI is InChI=1S/C11H19N5O/c1-8-5-12-6-9(8)11(17)13-4-3-10-15-14-7-16(10)2/h7-9,12H,3-6H2,1-2H3,(H,13,17). The molecule has 1 amide bonds. The van der Waals surface area contributed by atoms with Crippen LogP contribution in [0.1, 0.15) is 12.7 Å². The molecule has 6 nitrogen and oxygen atoms in total. The number of hydrogen-bond acceptors (Lipinski definition) is 4. The Labute approximate surface area is 101 Å². The monoisotopic (exact) mass is 237 g/mol. The number of amides is 1. The lowest BCUT2D eigenvalue weighted by molar-refractivity contribution is -0.125. The van der Waals surface area contributed by atoms with Crippen LogP contribution in [0.15, 0.2) is 6.33 Å². The van der Waals surface area contributed by atoms with Crippen molar-refractivity contribution in [3.8, 4) is 0 Å². The van der Waals surface area contributed by atoms with Gasteiger partial charge in [-0.05, 0) is 12.5 Å². The molecule has 2 atom stereocenters. The van der Waals surface area contributed by atoms with E-state index in [2.05, 4.69) is 27.8 Å². The zero-order chi connectivity index (χ0) is 12.3. The third kappa shape index (κ3) is 2.82. The lowest BCUT2D eigenvalue weighted by atomic mass is 9.97. The predicted octanol–water partition coefficient (Wildman–Crippen LogP) is -0.671. The van der Waals surface area contributed by atoms with E-state index in [-0.39, 0.29) is 11.8 Å². The molecule has 1 fully saturated rings. The third-order valence-electron chi connectivity index (χ3n) is 3.31. The minimum atomic E-state index is 0.106. The second-order valence-corrected chi connectivity index (χ2v) is 4.64. The Balaban J connectivity index is 1.75. The molecule has 1 aliphatic heterocycles. The van der Waals surface area contributed by atoms with Crippen LogP contribution in [0.2, 0.25) is 0 Å². The summed E-state index contributed by atoms with van der Waals surface area (Å²) in [5, 5.41) is 14.0. The number of nitrogens with zero attached hydrogens (tertiary/aromatic N) is 3. The molecule has 94 valence electrons. The number of aryl methyl sites for hydroxylation is 1. The number of hydrogen-bond donors (Lipinski definition) is 2. The molecule has 2 rings (SSSR count). The Morgan fingerprint density at radius 1 is 1.65 bits per heavy atom. The van der Waals surface area contributed by atoms with Crippen LogP contribution in [0.5, 0.6) is 0 Å². The van der Waals surface area contributed by atoms with Crippen molar-refractivity contribution in [1.82, 2.24) is 25.4 Å². The predicted molar refractivity (Wildman–Crippen MR) is 63.2 cm³/mol. The molecule has 0 spiro atoms. The molecule has 1 saturated heterocycles. The number of carbonyl (C=O) groups is 1. The Bertz CT molecular complexity index is 389. The summed E-state index contributed by atoms with van der Waals surface area (Å²) in [6, 6.07) is 0. The average molecular weight is 237 g/mol. The van der Waals surface area contributed by atoms with Crippen molar-refractivity contribution in [2.24, 2.45) is 18.9 Å². The molecular weight excluding hydrogens is 218 g/mol. The maximum absolute atomic E-state index is 11.9. The average Bonchev–Trinajstić information content (AvgIpc) is 2.88.